The lowest BCUT2D eigenvalue weighted by Crippen LogP contribution is -2.26. The van der Waals surface area contributed by atoms with Crippen molar-refractivity contribution in [1.29, 1.82) is 0 Å². The molecule has 0 atom stereocenters. The average Bonchev–Trinajstić information content (AvgIpc) is 3.22. The Bertz CT molecular complexity index is 1310. The van der Waals surface area contributed by atoms with Gasteiger partial charge in [0.05, 0.1) is 11.4 Å². The number of hydrogen-bond donors (Lipinski definition) is 4. The molecule has 1 amide bonds. The van der Waals surface area contributed by atoms with Crippen molar-refractivity contribution in [1.82, 2.24) is 9.88 Å². The molecule has 7 nitrogen and oxygen atoms in total. The van der Waals surface area contributed by atoms with Crippen molar-refractivity contribution in [3.05, 3.63) is 88.5 Å². The summed E-state index contributed by atoms with van der Waals surface area (Å²) in [5.74, 6) is -0.332. The lowest BCUT2D eigenvalue weighted by molar-refractivity contribution is 0.0952. The smallest absolute Gasteiger partial charge is 0.251 e. The van der Waals surface area contributed by atoms with Gasteiger partial charge in [-0.25, -0.2) is 4.99 Å². The van der Waals surface area contributed by atoms with Gasteiger partial charge in [-0.3, -0.25) is 4.79 Å². The highest BCUT2D eigenvalue weighted by molar-refractivity contribution is 7.07. The van der Waals surface area contributed by atoms with Crippen molar-refractivity contribution in [3.8, 4) is 28.5 Å². The van der Waals surface area contributed by atoms with Crippen LogP contribution in [0.25, 0.3) is 11.3 Å². The highest BCUT2D eigenvalue weighted by atomic mass is 32.1. The number of carbonyl (C=O) groups is 1. The van der Waals surface area contributed by atoms with Gasteiger partial charge in [0.1, 0.15) is 5.75 Å². The van der Waals surface area contributed by atoms with Gasteiger partial charge in [-0.15, -0.1) is 11.3 Å². The van der Waals surface area contributed by atoms with Crippen molar-refractivity contribution in [2.75, 3.05) is 6.54 Å². The maximum atomic E-state index is 12.3. The Morgan fingerprint density at radius 3 is 2.42 bits per heavy atom. The summed E-state index contributed by atoms with van der Waals surface area (Å²) in [6, 6.07) is 20.4. The first-order valence-electron chi connectivity index (χ1n) is 10.4. The molecule has 0 spiro atoms. The van der Waals surface area contributed by atoms with Gasteiger partial charge in [0.25, 0.3) is 5.91 Å². The zero-order valence-electron chi connectivity index (χ0n) is 17.7. The molecule has 4 rings (SSSR count). The minimum absolute atomic E-state index is 0.122. The molecule has 0 aliphatic rings. The Labute approximate surface area is 194 Å². The Morgan fingerprint density at radius 1 is 0.939 bits per heavy atom. The van der Waals surface area contributed by atoms with Gasteiger partial charge in [-0.05, 0) is 61.0 Å². The molecule has 8 heteroatoms. The van der Waals surface area contributed by atoms with Crippen molar-refractivity contribution in [2.24, 2.45) is 4.99 Å². The molecule has 4 aromatic rings. The third-order valence-corrected chi connectivity index (χ3v) is 5.89. The molecule has 168 valence electrons. The number of thiazole rings is 1. The SMILES string of the molecule is O=C(NCCCn1c(-c2ccc(O)c(O)c2)csc1=Nc1ccc(O)cc1)c1ccccc1. The van der Waals surface area contributed by atoms with Gasteiger partial charge in [0.15, 0.2) is 16.3 Å². The van der Waals surface area contributed by atoms with E-state index in [1.54, 1.807) is 42.5 Å². The Hall–Kier alpha value is -4.04. The minimum Gasteiger partial charge on any atom is -0.508 e. The van der Waals surface area contributed by atoms with E-state index in [1.165, 1.54) is 23.5 Å². The van der Waals surface area contributed by atoms with E-state index in [-0.39, 0.29) is 23.2 Å². The van der Waals surface area contributed by atoms with Gasteiger partial charge in [-0.2, -0.15) is 0 Å². The van der Waals surface area contributed by atoms with E-state index in [9.17, 15) is 20.1 Å². The lowest BCUT2D eigenvalue weighted by atomic mass is 10.1. The summed E-state index contributed by atoms with van der Waals surface area (Å²) in [4.78, 5) is 17.7. The van der Waals surface area contributed by atoms with Crippen molar-refractivity contribution < 1.29 is 20.1 Å². The van der Waals surface area contributed by atoms with Crippen LogP contribution in [0.2, 0.25) is 0 Å². The molecule has 4 N–H and O–H groups in total. The third-order valence-electron chi connectivity index (χ3n) is 5.02. The maximum Gasteiger partial charge on any atom is 0.251 e. The lowest BCUT2D eigenvalue weighted by Gasteiger charge is -2.11. The summed E-state index contributed by atoms with van der Waals surface area (Å²) in [5.41, 5.74) is 2.88. The Balaban J connectivity index is 1.58. The van der Waals surface area contributed by atoms with E-state index in [4.69, 9.17) is 4.99 Å². The molecule has 0 bridgehead atoms. The van der Waals surface area contributed by atoms with Crippen molar-refractivity contribution in [2.45, 2.75) is 13.0 Å². The van der Waals surface area contributed by atoms with E-state index >= 15 is 0 Å². The number of aromatic hydroxyl groups is 3. The van der Waals surface area contributed by atoms with Crippen molar-refractivity contribution in [3.63, 3.8) is 0 Å². The zero-order valence-corrected chi connectivity index (χ0v) is 18.5. The fourth-order valence-electron chi connectivity index (χ4n) is 3.32. The third kappa shape index (κ3) is 5.42. The molecule has 0 radical (unpaired) electrons. The molecule has 0 unspecified atom stereocenters. The zero-order chi connectivity index (χ0) is 23.2. The summed E-state index contributed by atoms with van der Waals surface area (Å²) in [7, 11) is 0. The molecule has 0 saturated heterocycles. The standard InChI is InChI=1S/C25H23N3O4S/c29-20-10-8-19(9-11-20)27-25-28(14-4-13-26-24(32)17-5-2-1-3-6-17)21(16-33-25)18-7-12-22(30)23(31)15-18/h1-3,5-12,15-16,29-31H,4,13-14H2,(H,26,32). The number of phenolic OH excluding ortho intramolecular Hbond substituents is 3. The fourth-order valence-corrected chi connectivity index (χ4v) is 4.27. The highest BCUT2D eigenvalue weighted by Gasteiger charge is 2.11. The normalized spacial score (nSPS) is 11.5. The van der Waals surface area contributed by atoms with E-state index in [0.717, 1.165) is 16.1 Å². The maximum absolute atomic E-state index is 12.3. The van der Waals surface area contributed by atoms with E-state index in [1.807, 2.05) is 28.1 Å². The molecule has 0 aliphatic heterocycles. The van der Waals surface area contributed by atoms with Crippen LogP contribution in [-0.2, 0) is 6.54 Å². The quantitative estimate of drug-likeness (QED) is 0.242. The van der Waals surface area contributed by atoms with Crippen molar-refractivity contribution >= 4 is 22.9 Å². The first-order chi connectivity index (χ1) is 16.0. The van der Waals surface area contributed by atoms with Crippen LogP contribution in [-0.4, -0.2) is 32.3 Å². The predicted molar refractivity (Wildman–Crippen MR) is 128 cm³/mol. The molecule has 0 fully saturated rings. The van der Waals surface area contributed by atoms with Crippen LogP contribution in [0.15, 0.2) is 83.2 Å². The van der Waals surface area contributed by atoms with Crippen LogP contribution >= 0.6 is 11.3 Å². The first kappa shape index (κ1) is 22.2. The number of hydrogen-bond acceptors (Lipinski definition) is 6. The Morgan fingerprint density at radius 2 is 1.70 bits per heavy atom. The second-order valence-electron chi connectivity index (χ2n) is 7.36. The topological polar surface area (TPSA) is 107 Å². The Kier molecular flexibility index (Phi) is 6.75. The van der Waals surface area contributed by atoms with Gasteiger partial charge >= 0.3 is 0 Å². The van der Waals surface area contributed by atoms with Gasteiger partial charge in [0, 0.05) is 29.6 Å². The van der Waals surface area contributed by atoms with Gasteiger partial charge < -0.3 is 25.2 Å². The number of nitrogens with one attached hydrogen (secondary N) is 1. The fraction of sp³-hybridized carbons (Fsp3) is 0.120. The molecule has 0 aliphatic carbocycles. The second kappa shape index (κ2) is 10.1. The highest BCUT2D eigenvalue weighted by Crippen LogP contribution is 2.31. The molecule has 33 heavy (non-hydrogen) atoms. The summed E-state index contributed by atoms with van der Waals surface area (Å²) in [6.45, 7) is 1.06. The number of carbonyl (C=O) groups excluding carboxylic acids is 1. The number of phenols is 3. The summed E-state index contributed by atoms with van der Waals surface area (Å²) in [6.07, 6.45) is 0.662. The summed E-state index contributed by atoms with van der Waals surface area (Å²) < 4.78 is 2.01. The summed E-state index contributed by atoms with van der Waals surface area (Å²) >= 11 is 1.44. The van der Waals surface area contributed by atoms with E-state index in [0.29, 0.717) is 30.8 Å². The number of aromatic nitrogens is 1. The second-order valence-corrected chi connectivity index (χ2v) is 8.20. The number of amides is 1. The molecular weight excluding hydrogens is 438 g/mol. The summed E-state index contributed by atoms with van der Waals surface area (Å²) in [5, 5.41) is 34.0. The monoisotopic (exact) mass is 461 g/mol. The molecular formula is C25H23N3O4S. The number of nitrogens with zero attached hydrogens (tertiary/aromatic N) is 2. The number of benzene rings is 3. The van der Waals surface area contributed by atoms with Gasteiger partial charge in [0.2, 0.25) is 0 Å². The van der Waals surface area contributed by atoms with Crippen LogP contribution in [0.1, 0.15) is 16.8 Å². The molecule has 0 saturated carbocycles. The van der Waals surface area contributed by atoms with Crippen LogP contribution in [0.5, 0.6) is 17.2 Å². The van der Waals surface area contributed by atoms with E-state index < -0.39 is 0 Å². The molecule has 3 aromatic carbocycles. The predicted octanol–water partition coefficient (Wildman–Crippen LogP) is 4.39. The van der Waals surface area contributed by atoms with E-state index in [2.05, 4.69) is 5.32 Å². The molecule has 1 heterocycles. The van der Waals surface area contributed by atoms with Crippen LogP contribution in [0.4, 0.5) is 5.69 Å². The van der Waals surface area contributed by atoms with Crippen LogP contribution in [0.3, 0.4) is 0 Å². The van der Waals surface area contributed by atoms with Crippen LogP contribution in [0, 0.1) is 0 Å². The molecule has 1 aromatic heterocycles. The van der Waals surface area contributed by atoms with Crippen LogP contribution < -0.4 is 10.1 Å². The first-order valence-corrected chi connectivity index (χ1v) is 11.3. The van der Waals surface area contributed by atoms with Gasteiger partial charge in [-0.1, -0.05) is 18.2 Å². The minimum atomic E-state index is -0.197. The largest absolute Gasteiger partial charge is 0.508 e. The average molecular weight is 462 g/mol. The number of rotatable bonds is 7.